The molecule has 2 aromatic heterocycles. The second kappa shape index (κ2) is 7.71. The number of nitrogens with zero attached hydrogens (tertiary/aromatic N) is 4. The Morgan fingerprint density at radius 1 is 1.16 bits per heavy atom. The Hall–Kier alpha value is -3.01. The van der Waals surface area contributed by atoms with Gasteiger partial charge in [0.1, 0.15) is 5.75 Å². The van der Waals surface area contributed by atoms with E-state index in [9.17, 15) is 0 Å². The molecule has 0 amide bonds. The number of halogens is 1. The molecule has 0 radical (unpaired) electrons. The minimum atomic E-state index is 0.225. The van der Waals surface area contributed by atoms with Gasteiger partial charge in [-0.15, -0.1) is 5.10 Å². The molecule has 0 bridgehead atoms. The molecule has 0 unspecified atom stereocenters. The van der Waals surface area contributed by atoms with E-state index >= 15 is 0 Å². The monoisotopic (exact) mass is 351 g/mol. The van der Waals surface area contributed by atoms with Crippen LogP contribution in [0, 0.1) is 11.3 Å². The Morgan fingerprint density at radius 2 is 2.04 bits per heavy atom. The van der Waals surface area contributed by atoms with Crippen LogP contribution in [0.25, 0.3) is 11.1 Å². The van der Waals surface area contributed by atoms with Gasteiger partial charge in [0.05, 0.1) is 17.8 Å². The highest BCUT2D eigenvalue weighted by molar-refractivity contribution is 6.29. The Balaban J connectivity index is 1.99. The van der Waals surface area contributed by atoms with E-state index < -0.39 is 0 Å². The molecule has 2 N–H and O–H groups in total. The highest BCUT2D eigenvalue weighted by Crippen LogP contribution is 2.34. The maximum atomic E-state index is 9.16. The third-order valence-corrected chi connectivity index (χ3v) is 3.66. The minimum Gasteiger partial charge on any atom is -0.455 e. The van der Waals surface area contributed by atoms with Crippen LogP contribution in [0.4, 0.5) is 0 Å². The standard InChI is InChI=1S/C18H14ClN5O/c19-18-8-15(11-23-24-18)25-17-7-12(9-21)1-4-16(17)13-2-3-14(5-6-20)22-10-13/h1-4,7-8,10-11H,5-6,20H2. The topological polar surface area (TPSA) is 97.7 Å². The average Bonchev–Trinajstić information content (AvgIpc) is 2.63. The number of benzene rings is 1. The first-order valence-corrected chi connectivity index (χ1v) is 7.93. The van der Waals surface area contributed by atoms with Crippen LogP contribution in [0.5, 0.6) is 11.5 Å². The van der Waals surface area contributed by atoms with Crippen molar-refractivity contribution in [1.29, 1.82) is 5.26 Å². The highest BCUT2D eigenvalue weighted by Gasteiger charge is 2.11. The summed E-state index contributed by atoms with van der Waals surface area (Å²) in [5.41, 5.74) is 8.63. The van der Waals surface area contributed by atoms with Gasteiger partial charge >= 0.3 is 0 Å². The van der Waals surface area contributed by atoms with E-state index in [1.54, 1.807) is 24.4 Å². The van der Waals surface area contributed by atoms with Crippen molar-refractivity contribution >= 4 is 11.6 Å². The normalized spacial score (nSPS) is 10.3. The summed E-state index contributed by atoms with van der Waals surface area (Å²) in [6.07, 6.45) is 3.94. The molecular weight excluding hydrogens is 338 g/mol. The molecule has 7 heteroatoms. The summed E-state index contributed by atoms with van der Waals surface area (Å²) in [5.74, 6) is 0.945. The Labute approximate surface area is 149 Å². The van der Waals surface area contributed by atoms with E-state index in [0.29, 0.717) is 23.6 Å². The molecule has 0 fully saturated rings. The van der Waals surface area contributed by atoms with Crippen LogP contribution < -0.4 is 10.5 Å². The van der Waals surface area contributed by atoms with E-state index in [-0.39, 0.29) is 5.15 Å². The van der Waals surface area contributed by atoms with Crippen molar-refractivity contribution in [3.63, 3.8) is 0 Å². The number of pyridine rings is 1. The highest BCUT2D eigenvalue weighted by atomic mass is 35.5. The first-order chi connectivity index (χ1) is 12.2. The first kappa shape index (κ1) is 16.8. The average molecular weight is 352 g/mol. The lowest BCUT2D eigenvalue weighted by Crippen LogP contribution is -2.04. The zero-order valence-electron chi connectivity index (χ0n) is 13.2. The predicted molar refractivity (Wildman–Crippen MR) is 94.3 cm³/mol. The molecule has 0 saturated carbocycles. The van der Waals surface area contributed by atoms with Crippen LogP contribution in [0.15, 0.2) is 48.8 Å². The van der Waals surface area contributed by atoms with E-state index in [1.807, 2.05) is 18.2 Å². The number of nitriles is 1. The van der Waals surface area contributed by atoms with Gasteiger partial charge in [0, 0.05) is 35.5 Å². The largest absolute Gasteiger partial charge is 0.455 e. The van der Waals surface area contributed by atoms with Crippen molar-refractivity contribution in [3.8, 4) is 28.7 Å². The second-order valence-corrected chi connectivity index (χ2v) is 5.60. The Kier molecular flexibility index (Phi) is 5.19. The Bertz CT molecular complexity index is 921. The van der Waals surface area contributed by atoms with Gasteiger partial charge in [0.15, 0.2) is 10.9 Å². The molecule has 6 nitrogen and oxygen atoms in total. The van der Waals surface area contributed by atoms with Gasteiger partial charge in [-0.1, -0.05) is 17.7 Å². The van der Waals surface area contributed by atoms with Crippen molar-refractivity contribution < 1.29 is 4.74 Å². The van der Waals surface area contributed by atoms with Crippen LogP contribution in [0.2, 0.25) is 5.15 Å². The maximum absolute atomic E-state index is 9.16. The fourth-order valence-corrected chi connectivity index (χ4v) is 2.45. The molecule has 0 aliphatic heterocycles. The fourth-order valence-electron chi connectivity index (χ4n) is 2.30. The number of hydrogen-bond acceptors (Lipinski definition) is 6. The molecule has 0 spiro atoms. The third kappa shape index (κ3) is 4.10. The molecule has 0 atom stereocenters. The van der Waals surface area contributed by atoms with Gasteiger partial charge in [-0.3, -0.25) is 4.98 Å². The number of aromatic nitrogens is 3. The van der Waals surface area contributed by atoms with Crippen molar-refractivity contribution in [3.05, 3.63) is 65.2 Å². The summed E-state index contributed by atoms with van der Waals surface area (Å²) < 4.78 is 5.88. The van der Waals surface area contributed by atoms with Crippen molar-refractivity contribution in [2.45, 2.75) is 6.42 Å². The zero-order valence-corrected chi connectivity index (χ0v) is 13.9. The van der Waals surface area contributed by atoms with Crippen molar-refractivity contribution in [2.24, 2.45) is 5.73 Å². The first-order valence-electron chi connectivity index (χ1n) is 7.55. The van der Waals surface area contributed by atoms with Gasteiger partial charge in [-0.2, -0.15) is 10.4 Å². The second-order valence-electron chi connectivity index (χ2n) is 5.22. The lowest BCUT2D eigenvalue weighted by atomic mass is 10.0. The summed E-state index contributed by atoms with van der Waals surface area (Å²) in [7, 11) is 0. The van der Waals surface area contributed by atoms with Crippen molar-refractivity contribution in [1.82, 2.24) is 15.2 Å². The summed E-state index contributed by atoms with van der Waals surface area (Å²) in [5, 5.41) is 16.8. The number of ether oxygens (including phenoxy) is 1. The van der Waals surface area contributed by atoms with E-state index in [0.717, 1.165) is 23.2 Å². The lowest BCUT2D eigenvalue weighted by Gasteiger charge is -2.12. The smallest absolute Gasteiger partial charge is 0.155 e. The van der Waals surface area contributed by atoms with Crippen LogP contribution in [-0.4, -0.2) is 21.7 Å². The molecular formula is C18H14ClN5O. The van der Waals surface area contributed by atoms with Gasteiger partial charge in [0.25, 0.3) is 0 Å². The van der Waals surface area contributed by atoms with E-state index in [4.69, 9.17) is 27.3 Å². The van der Waals surface area contributed by atoms with E-state index in [1.165, 1.54) is 6.20 Å². The van der Waals surface area contributed by atoms with Gasteiger partial charge in [0.2, 0.25) is 0 Å². The molecule has 1 aromatic carbocycles. The molecule has 124 valence electrons. The summed E-state index contributed by atoms with van der Waals surface area (Å²) >= 11 is 5.85. The van der Waals surface area contributed by atoms with Gasteiger partial charge < -0.3 is 10.5 Å². The number of nitrogens with two attached hydrogens (primary N) is 1. The molecule has 3 rings (SSSR count). The van der Waals surface area contributed by atoms with Crippen LogP contribution in [0.1, 0.15) is 11.3 Å². The van der Waals surface area contributed by atoms with Crippen LogP contribution >= 0.6 is 11.6 Å². The molecule has 2 heterocycles. The lowest BCUT2D eigenvalue weighted by molar-refractivity contribution is 0.480. The fraction of sp³-hybridized carbons (Fsp3) is 0.111. The summed E-state index contributed by atoms with van der Waals surface area (Å²) in [6.45, 7) is 0.549. The van der Waals surface area contributed by atoms with Crippen LogP contribution in [0.3, 0.4) is 0 Å². The van der Waals surface area contributed by atoms with Gasteiger partial charge in [-0.25, -0.2) is 0 Å². The molecule has 25 heavy (non-hydrogen) atoms. The predicted octanol–water partition coefficient (Wildman–Crippen LogP) is 3.36. The number of hydrogen-bond donors (Lipinski definition) is 1. The summed E-state index contributed by atoms with van der Waals surface area (Å²) in [4.78, 5) is 4.41. The molecule has 0 saturated heterocycles. The maximum Gasteiger partial charge on any atom is 0.155 e. The molecule has 0 aliphatic rings. The SMILES string of the molecule is N#Cc1ccc(-c2ccc(CCN)nc2)c(Oc2cnnc(Cl)c2)c1. The molecule has 0 aliphatic carbocycles. The van der Waals surface area contributed by atoms with E-state index in [2.05, 4.69) is 21.3 Å². The molecule has 3 aromatic rings. The van der Waals surface area contributed by atoms with Gasteiger partial charge in [-0.05, 0) is 30.8 Å². The summed E-state index contributed by atoms with van der Waals surface area (Å²) in [6, 6.07) is 12.8. The zero-order chi connectivity index (χ0) is 17.6. The third-order valence-electron chi connectivity index (χ3n) is 3.47. The Morgan fingerprint density at radius 3 is 2.72 bits per heavy atom. The minimum absolute atomic E-state index is 0.225. The van der Waals surface area contributed by atoms with Crippen molar-refractivity contribution in [2.75, 3.05) is 6.54 Å². The van der Waals surface area contributed by atoms with Crippen LogP contribution in [-0.2, 0) is 6.42 Å². The number of rotatable bonds is 5. The quantitative estimate of drug-likeness (QED) is 0.756.